The van der Waals surface area contributed by atoms with Gasteiger partial charge in [0.1, 0.15) is 12.2 Å². The van der Waals surface area contributed by atoms with Gasteiger partial charge in [0.15, 0.2) is 0 Å². The quantitative estimate of drug-likeness (QED) is 0.182. The molecule has 0 spiro atoms. The van der Waals surface area contributed by atoms with Crippen LogP contribution in [0.1, 0.15) is 55.2 Å². The standard InChI is InChI=1S/C31H40O4/c1-2-26-14-6-7-17-30(26)31(20-25-12-4-3-5-13-25)27(15-8-10-18-32-21-28-23-34-28)16-9-11-19-33-22-29-24-35-29/h2-7,12-14,17,28-29H,1,8-11,15-16,18-24H2. The van der Waals surface area contributed by atoms with Gasteiger partial charge >= 0.3 is 0 Å². The van der Waals surface area contributed by atoms with Gasteiger partial charge in [-0.15, -0.1) is 0 Å². The summed E-state index contributed by atoms with van der Waals surface area (Å²) < 4.78 is 22.1. The van der Waals surface area contributed by atoms with Crippen LogP contribution in [0.3, 0.4) is 0 Å². The predicted molar refractivity (Wildman–Crippen MR) is 142 cm³/mol. The maximum atomic E-state index is 5.79. The Morgan fingerprint density at radius 2 is 1.37 bits per heavy atom. The molecule has 2 aromatic carbocycles. The van der Waals surface area contributed by atoms with Gasteiger partial charge in [-0.25, -0.2) is 0 Å². The summed E-state index contributed by atoms with van der Waals surface area (Å²) in [7, 11) is 0. The largest absolute Gasteiger partial charge is 0.379 e. The zero-order valence-corrected chi connectivity index (χ0v) is 21.0. The number of hydrogen-bond acceptors (Lipinski definition) is 4. The number of benzene rings is 2. The maximum absolute atomic E-state index is 5.79. The number of rotatable bonds is 18. The Labute approximate surface area is 210 Å². The van der Waals surface area contributed by atoms with Crippen LogP contribution in [0.5, 0.6) is 0 Å². The molecule has 2 aliphatic heterocycles. The molecule has 4 nitrogen and oxygen atoms in total. The third kappa shape index (κ3) is 9.38. The normalized spacial score (nSPS) is 18.3. The molecule has 0 N–H and O–H groups in total. The monoisotopic (exact) mass is 476 g/mol. The molecule has 0 aliphatic carbocycles. The Morgan fingerprint density at radius 3 is 1.94 bits per heavy atom. The van der Waals surface area contributed by atoms with Gasteiger partial charge in [0.25, 0.3) is 0 Å². The van der Waals surface area contributed by atoms with E-state index < -0.39 is 0 Å². The highest BCUT2D eigenvalue weighted by Crippen LogP contribution is 2.32. The lowest BCUT2D eigenvalue weighted by molar-refractivity contribution is 0.112. The van der Waals surface area contributed by atoms with Crippen LogP contribution in [0.15, 0.2) is 66.7 Å². The maximum Gasteiger partial charge on any atom is 0.104 e. The van der Waals surface area contributed by atoms with Crippen molar-refractivity contribution < 1.29 is 18.9 Å². The second-order valence-corrected chi connectivity index (χ2v) is 9.51. The first-order valence-corrected chi connectivity index (χ1v) is 13.2. The molecule has 0 saturated carbocycles. The summed E-state index contributed by atoms with van der Waals surface area (Å²) in [6.07, 6.45) is 10.2. The Kier molecular flexibility index (Phi) is 10.6. The number of allylic oxidation sites excluding steroid dienone is 2. The summed E-state index contributed by atoms with van der Waals surface area (Å²) in [5.41, 5.74) is 6.87. The van der Waals surface area contributed by atoms with Crippen molar-refractivity contribution in [3.8, 4) is 0 Å². The summed E-state index contributed by atoms with van der Waals surface area (Å²) >= 11 is 0. The first kappa shape index (κ1) is 25.8. The average Bonchev–Trinajstić information content (AvgIpc) is 3.82. The summed E-state index contributed by atoms with van der Waals surface area (Å²) in [6, 6.07) is 19.5. The van der Waals surface area contributed by atoms with Crippen LogP contribution in [0.2, 0.25) is 0 Å². The molecule has 2 aliphatic rings. The third-order valence-electron chi connectivity index (χ3n) is 6.60. The fourth-order valence-electron chi connectivity index (χ4n) is 4.43. The van der Waals surface area contributed by atoms with E-state index in [9.17, 15) is 0 Å². The minimum atomic E-state index is 0.340. The van der Waals surface area contributed by atoms with E-state index >= 15 is 0 Å². The third-order valence-corrected chi connectivity index (χ3v) is 6.60. The van der Waals surface area contributed by atoms with E-state index in [0.717, 1.165) is 84.6 Å². The van der Waals surface area contributed by atoms with Crippen molar-refractivity contribution in [3.63, 3.8) is 0 Å². The summed E-state index contributed by atoms with van der Waals surface area (Å²) in [6.45, 7) is 8.90. The van der Waals surface area contributed by atoms with Crippen LogP contribution in [-0.4, -0.2) is 51.8 Å². The minimum absolute atomic E-state index is 0.340. The van der Waals surface area contributed by atoms with E-state index in [-0.39, 0.29) is 0 Å². The molecule has 2 saturated heterocycles. The van der Waals surface area contributed by atoms with E-state index in [1.165, 1.54) is 22.3 Å². The molecule has 2 atom stereocenters. The van der Waals surface area contributed by atoms with Gasteiger partial charge in [0.05, 0.1) is 26.4 Å². The Hall–Kier alpha value is -2.24. The highest BCUT2D eigenvalue weighted by Gasteiger charge is 2.22. The zero-order valence-electron chi connectivity index (χ0n) is 21.0. The van der Waals surface area contributed by atoms with E-state index in [1.54, 1.807) is 5.57 Å². The van der Waals surface area contributed by atoms with Crippen molar-refractivity contribution in [2.75, 3.05) is 39.6 Å². The van der Waals surface area contributed by atoms with Crippen LogP contribution < -0.4 is 0 Å². The molecule has 188 valence electrons. The van der Waals surface area contributed by atoms with Crippen molar-refractivity contribution in [2.45, 2.75) is 57.2 Å². The molecule has 4 rings (SSSR count). The highest BCUT2D eigenvalue weighted by atomic mass is 16.6. The zero-order chi connectivity index (χ0) is 24.1. The van der Waals surface area contributed by atoms with Gasteiger partial charge in [-0.3, -0.25) is 0 Å². The minimum Gasteiger partial charge on any atom is -0.379 e. The van der Waals surface area contributed by atoms with E-state index in [0.29, 0.717) is 12.2 Å². The molecule has 2 aromatic rings. The molecule has 2 fully saturated rings. The van der Waals surface area contributed by atoms with Gasteiger partial charge < -0.3 is 18.9 Å². The number of ether oxygens (including phenoxy) is 4. The summed E-state index contributed by atoms with van der Waals surface area (Å²) in [4.78, 5) is 0. The van der Waals surface area contributed by atoms with E-state index in [2.05, 4.69) is 61.2 Å². The second-order valence-electron chi connectivity index (χ2n) is 9.51. The first-order chi connectivity index (χ1) is 17.3. The van der Waals surface area contributed by atoms with Gasteiger partial charge in [-0.1, -0.05) is 72.8 Å². The molecule has 35 heavy (non-hydrogen) atoms. The fourth-order valence-corrected chi connectivity index (χ4v) is 4.43. The van der Waals surface area contributed by atoms with Crippen LogP contribution in [-0.2, 0) is 25.4 Å². The highest BCUT2D eigenvalue weighted by molar-refractivity contribution is 5.77. The van der Waals surface area contributed by atoms with E-state index in [4.69, 9.17) is 18.9 Å². The molecule has 2 heterocycles. The lowest BCUT2D eigenvalue weighted by Crippen LogP contribution is -2.05. The predicted octanol–water partition coefficient (Wildman–Crippen LogP) is 6.50. The Morgan fingerprint density at radius 1 is 0.800 bits per heavy atom. The molecule has 2 unspecified atom stereocenters. The lowest BCUT2D eigenvalue weighted by atomic mass is 9.86. The van der Waals surface area contributed by atoms with Crippen LogP contribution >= 0.6 is 0 Å². The number of hydrogen-bond donors (Lipinski definition) is 0. The molecule has 4 heteroatoms. The smallest absolute Gasteiger partial charge is 0.104 e. The molecule has 0 radical (unpaired) electrons. The molecule has 0 amide bonds. The molecular formula is C31H40O4. The van der Waals surface area contributed by atoms with Crippen molar-refractivity contribution in [1.82, 2.24) is 0 Å². The van der Waals surface area contributed by atoms with Gasteiger partial charge in [-0.05, 0) is 67.2 Å². The Balaban J connectivity index is 1.45. The van der Waals surface area contributed by atoms with Gasteiger partial charge in [-0.2, -0.15) is 0 Å². The van der Waals surface area contributed by atoms with Crippen molar-refractivity contribution in [3.05, 3.63) is 83.4 Å². The fraction of sp³-hybridized carbons (Fsp3) is 0.484. The van der Waals surface area contributed by atoms with Crippen LogP contribution in [0, 0.1) is 0 Å². The van der Waals surface area contributed by atoms with Crippen molar-refractivity contribution >= 4 is 11.6 Å². The van der Waals surface area contributed by atoms with Gasteiger partial charge in [0, 0.05) is 13.2 Å². The first-order valence-electron chi connectivity index (χ1n) is 13.2. The summed E-state index contributed by atoms with van der Waals surface area (Å²) in [5, 5.41) is 0. The van der Waals surface area contributed by atoms with Crippen molar-refractivity contribution in [1.29, 1.82) is 0 Å². The molecular weight excluding hydrogens is 436 g/mol. The topological polar surface area (TPSA) is 43.5 Å². The van der Waals surface area contributed by atoms with Gasteiger partial charge in [0.2, 0.25) is 0 Å². The van der Waals surface area contributed by atoms with Crippen LogP contribution in [0.25, 0.3) is 11.6 Å². The summed E-state index contributed by atoms with van der Waals surface area (Å²) in [5.74, 6) is 0. The van der Waals surface area contributed by atoms with E-state index in [1.807, 2.05) is 6.08 Å². The number of epoxide rings is 2. The van der Waals surface area contributed by atoms with Crippen molar-refractivity contribution in [2.24, 2.45) is 0 Å². The Bertz CT molecular complexity index is 902. The average molecular weight is 477 g/mol. The number of unbranched alkanes of at least 4 members (excludes halogenated alkanes) is 2. The van der Waals surface area contributed by atoms with Crippen LogP contribution in [0.4, 0.5) is 0 Å². The molecule has 0 bridgehead atoms. The lowest BCUT2D eigenvalue weighted by Gasteiger charge is -2.19. The second kappa shape index (κ2) is 14.4. The molecule has 0 aromatic heterocycles. The SMILES string of the molecule is C=Cc1ccccc1C(Cc1ccccc1)=C(CCCCOCC1CO1)CCCCOCC1CO1.